The molecule has 6 rings (SSSR count). The van der Waals surface area contributed by atoms with Gasteiger partial charge in [-0.05, 0) is 49.2 Å². The Labute approximate surface area is 216 Å². The van der Waals surface area contributed by atoms with E-state index in [-0.39, 0.29) is 11.5 Å². The second kappa shape index (κ2) is 8.47. The summed E-state index contributed by atoms with van der Waals surface area (Å²) in [6.45, 7) is 3.75. The van der Waals surface area contributed by atoms with Gasteiger partial charge in [-0.25, -0.2) is 4.99 Å². The van der Waals surface area contributed by atoms with Gasteiger partial charge in [0.15, 0.2) is 4.80 Å². The zero-order chi connectivity index (χ0) is 25.0. The molecule has 0 fully saturated rings. The molecule has 0 saturated heterocycles. The number of aromatic nitrogens is 1. The molecular formula is C28H22ClN3O3S. The van der Waals surface area contributed by atoms with Crippen LogP contribution in [0.5, 0.6) is 5.75 Å². The van der Waals surface area contributed by atoms with Crippen molar-refractivity contribution in [2.75, 3.05) is 5.32 Å². The van der Waals surface area contributed by atoms with Gasteiger partial charge in [-0.1, -0.05) is 77.5 Å². The Hall–Kier alpha value is -3.68. The van der Waals surface area contributed by atoms with Crippen LogP contribution in [0.4, 0.5) is 5.69 Å². The SMILES string of the molecule is Cc1ccccc1NC(=O)[C@H]1[C@H]2c3ccccc3O[C@]1(C)N=c1s/c(=C/c3ccccc3Cl)c(=O)n12. The number of ether oxygens (including phenoxy) is 1. The Kier molecular flexibility index (Phi) is 5.35. The first-order chi connectivity index (χ1) is 17.4. The summed E-state index contributed by atoms with van der Waals surface area (Å²) in [5.41, 5.74) is 1.78. The number of nitrogens with zero attached hydrogens (tertiary/aromatic N) is 2. The van der Waals surface area contributed by atoms with Gasteiger partial charge in [0.25, 0.3) is 5.56 Å². The molecule has 180 valence electrons. The fourth-order valence-electron chi connectivity index (χ4n) is 5.00. The Bertz CT molecular complexity index is 1710. The monoisotopic (exact) mass is 515 g/mol. The summed E-state index contributed by atoms with van der Waals surface area (Å²) in [5.74, 6) is -0.399. The number of rotatable bonds is 3. The number of benzene rings is 3. The second-order valence-corrected chi connectivity index (χ2v) is 10.5. The van der Waals surface area contributed by atoms with E-state index in [1.807, 2.05) is 80.6 Å². The van der Waals surface area contributed by atoms with E-state index < -0.39 is 17.7 Å². The van der Waals surface area contributed by atoms with Crippen LogP contribution in [0.2, 0.25) is 5.02 Å². The zero-order valence-corrected chi connectivity index (χ0v) is 21.1. The smallest absolute Gasteiger partial charge is 0.270 e. The van der Waals surface area contributed by atoms with E-state index in [9.17, 15) is 9.59 Å². The first kappa shape index (κ1) is 22.8. The largest absolute Gasteiger partial charge is 0.465 e. The van der Waals surface area contributed by atoms with Crippen molar-refractivity contribution in [2.45, 2.75) is 25.6 Å². The number of hydrogen-bond acceptors (Lipinski definition) is 5. The highest BCUT2D eigenvalue weighted by molar-refractivity contribution is 7.07. The molecule has 6 nitrogen and oxygen atoms in total. The van der Waals surface area contributed by atoms with Crippen LogP contribution in [0.3, 0.4) is 0 Å². The van der Waals surface area contributed by atoms with Crippen LogP contribution < -0.4 is 24.9 Å². The first-order valence-corrected chi connectivity index (χ1v) is 12.8. The fourth-order valence-corrected chi connectivity index (χ4v) is 6.28. The number of nitrogens with one attached hydrogen (secondary N) is 1. The molecule has 0 aliphatic carbocycles. The molecule has 3 aromatic carbocycles. The molecule has 0 spiro atoms. The van der Waals surface area contributed by atoms with Gasteiger partial charge in [0.1, 0.15) is 11.7 Å². The number of carbonyl (C=O) groups excluding carboxylic acids is 1. The summed E-state index contributed by atoms with van der Waals surface area (Å²) >= 11 is 7.63. The van der Waals surface area contributed by atoms with Crippen LogP contribution >= 0.6 is 22.9 Å². The van der Waals surface area contributed by atoms with E-state index in [2.05, 4.69) is 5.32 Å². The predicted molar refractivity (Wildman–Crippen MR) is 141 cm³/mol. The molecule has 3 heterocycles. The Morgan fingerprint density at radius 2 is 1.83 bits per heavy atom. The Balaban J connectivity index is 1.55. The maximum Gasteiger partial charge on any atom is 0.270 e. The van der Waals surface area contributed by atoms with Gasteiger partial charge in [0.05, 0.1) is 10.6 Å². The van der Waals surface area contributed by atoms with E-state index in [0.717, 1.165) is 16.7 Å². The minimum absolute atomic E-state index is 0.212. The van der Waals surface area contributed by atoms with Crippen LogP contribution in [0.25, 0.3) is 6.08 Å². The lowest BCUT2D eigenvalue weighted by Crippen LogP contribution is -2.59. The number of carbonyl (C=O) groups is 1. The van der Waals surface area contributed by atoms with Gasteiger partial charge in [-0.2, -0.15) is 0 Å². The maximum atomic E-state index is 13.8. The highest BCUT2D eigenvalue weighted by Gasteiger charge is 2.55. The molecule has 2 aliphatic heterocycles. The van der Waals surface area contributed by atoms with Crippen molar-refractivity contribution in [3.8, 4) is 5.75 Å². The van der Waals surface area contributed by atoms with Crippen LogP contribution in [0.1, 0.15) is 29.7 Å². The highest BCUT2D eigenvalue weighted by Crippen LogP contribution is 2.47. The van der Waals surface area contributed by atoms with Crippen molar-refractivity contribution in [3.05, 3.63) is 114 Å². The van der Waals surface area contributed by atoms with Crippen molar-refractivity contribution >= 4 is 40.6 Å². The van der Waals surface area contributed by atoms with E-state index >= 15 is 0 Å². The number of aryl methyl sites for hydroxylation is 1. The molecule has 2 bridgehead atoms. The number of amides is 1. The molecule has 36 heavy (non-hydrogen) atoms. The molecule has 4 aromatic rings. The van der Waals surface area contributed by atoms with E-state index in [4.69, 9.17) is 21.3 Å². The quantitative estimate of drug-likeness (QED) is 0.442. The van der Waals surface area contributed by atoms with E-state index in [0.29, 0.717) is 25.8 Å². The van der Waals surface area contributed by atoms with Crippen molar-refractivity contribution in [3.63, 3.8) is 0 Å². The second-order valence-electron chi connectivity index (χ2n) is 9.12. The summed E-state index contributed by atoms with van der Waals surface area (Å²) in [5, 5.41) is 3.61. The average molecular weight is 516 g/mol. The lowest BCUT2D eigenvalue weighted by molar-refractivity contribution is -0.131. The van der Waals surface area contributed by atoms with E-state index in [1.165, 1.54) is 11.3 Å². The topological polar surface area (TPSA) is 72.7 Å². The van der Waals surface area contributed by atoms with Crippen LogP contribution in [0.15, 0.2) is 82.6 Å². The minimum Gasteiger partial charge on any atom is -0.465 e. The number of halogens is 1. The Morgan fingerprint density at radius 1 is 1.11 bits per heavy atom. The maximum absolute atomic E-state index is 13.8. The molecule has 1 aromatic heterocycles. The average Bonchev–Trinajstić information content (AvgIpc) is 3.14. The molecule has 0 saturated carbocycles. The summed E-state index contributed by atoms with van der Waals surface area (Å²) in [6, 6.07) is 21.9. The standard InChI is InChI=1S/C28H22ClN3O3S/c1-16-9-3-7-13-20(16)30-25(33)23-24-18-11-5-8-14-21(18)35-28(23,2)31-27-32(24)26(34)22(36-27)15-17-10-4-6-12-19(17)29/h3-15,23-24H,1-2H3,(H,30,33)/b22-15+/t23-,24-,28+/m1/s1. The van der Waals surface area contributed by atoms with Gasteiger partial charge in [-0.15, -0.1) is 0 Å². The van der Waals surface area contributed by atoms with Crippen LogP contribution in [0, 0.1) is 12.8 Å². The van der Waals surface area contributed by atoms with Gasteiger partial charge < -0.3 is 10.1 Å². The number of para-hydroxylation sites is 2. The van der Waals surface area contributed by atoms with Crippen molar-refractivity contribution < 1.29 is 9.53 Å². The summed E-state index contributed by atoms with van der Waals surface area (Å²) < 4.78 is 8.50. The third-order valence-corrected chi connectivity index (χ3v) is 8.08. The molecule has 0 unspecified atom stereocenters. The van der Waals surface area contributed by atoms with Gasteiger partial charge >= 0.3 is 0 Å². The summed E-state index contributed by atoms with van der Waals surface area (Å²) in [7, 11) is 0. The van der Waals surface area contributed by atoms with E-state index in [1.54, 1.807) is 16.7 Å². The van der Waals surface area contributed by atoms with Crippen LogP contribution in [-0.4, -0.2) is 16.2 Å². The van der Waals surface area contributed by atoms with Gasteiger partial charge in [-0.3, -0.25) is 14.2 Å². The van der Waals surface area contributed by atoms with Gasteiger partial charge in [0, 0.05) is 16.3 Å². The highest BCUT2D eigenvalue weighted by atomic mass is 35.5. The molecular weight excluding hydrogens is 494 g/mol. The van der Waals surface area contributed by atoms with Crippen molar-refractivity contribution in [1.29, 1.82) is 0 Å². The molecule has 3 atom stereocenters. The lowest BCUT2D eigenvalue weighted by atomic mass is 9.80. The normalized spacial score (nSPS) is 22.1. The first-order valence-electron chi connectivity index (χ1n) is 11.6. The predicted octanol–water partition coefficient (Wildman–Crippen LogP) is 4.29. The Morgan fingerprint density at radius 3 is 2.64 bits per heavy atom. The fraction of sp³-hybridized carbons (Fsp3) is 0.179. The molecule has 0 radical (unpaired) electrons. The minimum atomic E-state index is -1.19. The zero-order valence-electron chi connectivity index (χ0n) is 19.6. The lowest BCUT2D eigenvalue weighted by Gasteiger charge is -2.45. The third-order valence-electron chi connectivity index (χ3n) is 6.76. The number of hydrogen-bond donors (Lipinski definition) is 1. The van der Waals surface area contributed by atoms with Crippen molar-refractivity contribution in [2.24, 2.45) is 10.9 Å². The summed E-state index contributed by atoms with van der Waals surface area (Å²) in [6.07, 6.45) is 1.78. The summed E-state index contributed by atoms with van der Waals surface area (Å²) in [4.78, 5) is 33.0. The third kappa shape index (κ3) is 3.58. The molecule has 8 heteroatoms. The van der Waals surface area contributed by atoms with Gasteiger partial charge in [0.2, 0.25) is 11.6 Å². The number of thiazole rings is 1. The number of anilines is 1. The molecule has 2 aliphatic rings. The molecule has 1 N–H and O–H groups in total. The number of fused-ring (bicyclic) bond motifs is 6. The molecule has 1 amide bonds. The van der Waals surface area contributed by atoms with Crippen LogP contribution in [-0.2, 0) is 4.79 Å². The van der Waals surface area contributed by atoms with Crippen molar-refractivity contribution in [1.82, 2.24) is 4.57 Å².